The maximum Gasteiger partial charge on any atom is 0.407 e. The predicted octanol–water partition coefficient (Wildman–Crippen LogP) is 7.98. The van der Waals surface area contributed by atoms with Gasteiger partial charge < -0.3 is 29.6 Å². The summed E-state index contributed by atoms with van der Waals surface area (Å²) < 4.78 is 24.2. The van der Waals surface area contributed by atoms with Crippen LogP contribution < -0.4 is 20.1 Å². The zero-order valence-corrected chi connectivity index (χ0v) is 26.1. The van der Waals surface area contributed by atoms with E-state index in [1.807, 2.05) is 52.0 Å². The fourth-order valence-corrected chi connectivity index (χ4v) is 4.63. The Morgan fingerprint density at radius 2 is 1.05 bits per heavy atom. The molecule has 0 bridgehead atoms. The molecule has 0 saturated heterocycles. The van der Waals surface area contributed by atoms with Crippen molar-refractivity contribution in [3.8, 4) is 11.5 Å². The summed E-state index contributed by atoms with van der Waals surface area (Å²) in [6.07, 6.45) is 3.44. The van der Waals surface area contributed by atoms with Gasteiger partial charge in [0.1, 0.15) is 36.9 Å². The number of hydrogen-bond donors (Lipinski definition) is 2. The largest absolute Gasteiger partial charge is 0.488 e. The Hall–Kier alpha value is -3.68. The van der Waals surface area contributed by atoms with Crippen LogP contribution in [0, 0.1) is 13.8 Å². The Morgan fingerprint density at radius 3 is 1.40 bits per heavy atom. The molecule has 0 aliphatic rings. The first-order valence-electron chi connectivity index (χ1n) is 15.4. The van der Waals surface area contributed by atoms with Crippen molar-refractivity contribution in [1.29, 1.82) is 0 Å². The summed E-state index contributed by atoms with van der Waals surface area (Å²) in [5.74, 6) is 1.45. The lowest BCUT2D eigenvalue weighted by Crippen LogP contribution is -2.32. The lowest BCUT2D eigenvalue weighted by Gasteiger charge is -2.22. The summed E-state index contributed by atoms with van der Waals surface area (Å²) >= 11 is 0. The highest BCUT2D eigenvalue weighted by molar-refractivity contribution is 6.11. The fraction of sp³-hybridized carbons (Fsp3) is 0.529. The molecule has 0 aliphatic heterocycles. The molecule has 3 aromatic rings. The number of amides is 2. The molecule has 0 spiro atoms. The van der Waals surface area contributed by atoms with Gasteiger partial charge in [-0.2, -0.15) is 0 Å². The Morgan fingerprint density at radius 1 is 0.643 bits per heavy atom. The van der Waals surface area contributed by atoms with Crippen LogP contribution in [0.1, 0.15) is 77.3 Å². The third-order valence-electron chi connectivity index (χ3n) is 7.21. The predicted molar refractivity (Wildman–Crippen MR) is 169 cm³/mol. The highest BCUT2D eigenvalue weighted by Crippen LogP contribution is 2.43. The Balaban J connectivity index is 1.90. The number of carbonyl (C=O) groups is 2. The van der Waals surface area contributed by atoms with E-state index in [2.05, 4.69) is 36.6 Å². The molecule has 8 heteroatoms. The molecular formula is C34H48N2O6. The first-order chi connectivity index (χ1) is 20.3. The standard InChI is InChI=1S/C34H48N2O6/c1-7-11-17-35-33(37)41-25(9-3)21-39-31-27-15-13-24(6)20-30(27)32(28-16-14-23(5)19-29(28)31)40-22-26(10-4)42-34(38)36-18-12-8-2/h13-16,19-20,25-26H,7-12,17-18,21-22H2,1-6H3,(H,35,37)(H,36,38). The molecule has 2 unspecified atom stereocenters. The molecule has 2 N–H and O–H groups in total. The lowest BCUT2D eigenvalue weighted by atomic mass is 9.97. The average molecular weight is 581 g/mol. The van der Waals surface area contributed by atoms with Gasteiger partial charge in [0.2, 0.25) is 0 Å². The maximum absolute atomic E-state index is 12.3. The summed E-state index contributed by atoms with van der Waals surface area (Å²) in [6, 6.07) is 12.4. The quantitative estimate of drug-likeness (QED) is 0.132. The van der Waals surface area contributed by atoms with Crippen molar-refractivity contribution in [2.24, 2.45) is 0 Å². The highest BCUT2D eigenvalue weighted by Gasteiger charge is 2.21. The first-order valence-corrected chi connectivity index (χ1v) is 15.4. The summed E-state index contributed by atoms with van der Waals surface area (Å²) in [5, 5.41) is 9.25. The van der Waals surface area contributed by atoms with E-state index >= 15 is 0 Å². The zero-order valence-electron chi connectivity index (χ0n) is 26.1. The normalized spacial score (nSPS) is 12.5. The molecule has 230 valence electrons. The molecule has 0 saturated carbocycles. The van der Waals surface area contributed by atoms with Gasteiger partial charge in [-0.05, 0) is 51.7 Å². The molecule has 0 radical (unpaired) electrons. The van der Waals surface area contributed by atoms with E-state index in [9.17, 15) is 9.59 Å². The third kappa shape index (κ3) is 9.16. The van der Waals surface area contributed by atoms with Gasteiger partial charge in [-0.3, -0.25) is 0 Å². The third-order valence-corrected chi connectivity index (χ3v) is 7.21. The number of ether oxygens (including phenoxy) is 4. The van der Waals surface area contributed by atoms with E-state index in [1.54, 1.807) is 0 Å². The van der Waals surface area contributed by atoms with Crippen molar-refractivity contribution < 1.29 is 28.5 Å². The second-order valence-electron chi connectivity index (χ2n) is 10.8. The van der Waals surface area contributed by atoms with Crippen molar-refractivity contribution >= 4 is 33.7 Å². The topological polar surface area (TPSA) is 95.1 Å². The number of alkyl carbamates (subject to hydrolysis) is 2. The van der Waals surface area contributed by atoms with E-state index in [4.69, 9.17) is 18.9 Å². The number of rotatable bonds is 16. The van der Waals surface area contributed by atoms with Crippen LogP contribution in [0.3, 0.4) is 0 Å². The first kappa shape index (κ1) is 32.8. The van der Waals surface area contributed by atoms with Crippen LogP contribution in [0.4, 0.5) is 9.59 Å². The Labute approximate surface area is 250 Å². The van der Waals surface area contributed by atoms with E-state index < -0.39 is 24.4 Å². The molecule has 0 heterocycles. The summed E-state index contributed by atoms with van der Waals surface area (Å²) in [6.45, 7) is 13.8. The second-order valence-corrected chi connectivity index (χ2v) is 10.8. The maximum atomic E-state index is 12.3. The van der Waals surface area contributed by atoms with Gasteiger partial charge in [0.25, 0.3) is 0 Å². The zero-order chi connectivity index (χ0) is 30.5. The van der Waals surface area contributed by atoms with Crippen molar-refractivity contribution in [2.45, 2.75) is 92.3 Å². The van der Waals surface area contributed by atoms with Crippen molar-refractivity contribution in [3.05, 3.63) is 47.5 Å². The molecule has 3 aromatic carbocycles. The summed E-state index contributed by atoms with van der Waals surface area (Å²) in [4.78, 5) is 24.6. The van der Waals surface area contributed by atoms with E-state index in [0.717, 1.165) is 69.9 Å². The number of unbranched alkanes of at least 4 members (excludes halogenated alkanes) is 2. The molecule has 0 aliphatic carbocycles. The minimum absolute atomic E-state index is 0.225. The van der Waals surface area contributed by atoms with Gasteiger partial charge in [0, 0.05) is 34.6 Å². The molecule has 42 heavy (non-hydrogen) atoms. The second kappa shape index (κ2) is 16.7. The minimum Gasteiger partial charge on any atom is -0.488 e. The molecule has 2 atom stereocenters. The number of aryl methyl sites for hydroxylation is 2. The Bertz CT molecular complexity index is 1220. The van der Waals surface area contributed by atoms with Crippen LogP contribution in [0.2, 0.25) is 0 Å². The van der Waals surface area contributed by atoms with Crippen LogP contribution in [0.5, 0.6) is 11.5 Å². The molecule has 0 aromatic heterocycles. The van der Waals surface area contributed by atoms with Crippen molar-refractivity contribution in [2.75, 3.05) is 26.3 Å². The molecule has 3 rings (SSSR count). The van der Waals surface area contributed by atoms with Crippen LogP contribution in [-0.2, 0) is 9.47 Å². The Kier molecular flexibility index (Phi) is 13.0. The van der Waals surface area contributed by atoms with E-state index in [1.165, 1.54) is 0 Å². The highest BCUT2D eigenvalue weighted by atomic mass is 16.6. The molecule has 2 amide bonds. The van der Waals surface area contributed by atoms with Gasteiger partial charge >= 0.3 is 12.2 Å². The number of nitrogens with one attached hydrogen (secondary N) is 2. The van der Waals surface area contributed by atoms with E-state index in [-0.39, 0.29) is 13.2 Å². The summed E-state index contributed by atoms with van der Waals surface area (Å²) in [7, 11) is 0. The fourth-order valence-electron chi connectivity index (χ4n) is 4.63. The van der Waals surface area contributed by atoms with Crippen LogP contribution in [-0.4, -0.2) is 50.7 Å². The van der Waals surface area contributed by atoms with Gasteiger partial charge in [-0.25, -0.2) is 9.59 Å². The van der Waals surface area contributed by atoms with Crippen LogP contribution in [0.25, 0.3) is 21.5 Å². The minimum atomic E-state index is -0.421. The van der Waals surface area contributed by atoms with Gasteiger partial charge in [-0.15, -0.1) is 0 Å². The monoisotopic (exact) mass is 580 g/mol. The van der Waals surface area contributed by atoms with Crippen LogP contribution >= 0.6 is 0 Å². The average Bonchev–Trinajstić information content (AvgIpc) is 2.97. The summed E-state index contributed by atoms with van der Waals surface area (Å²) in [5.41, 5.74) is 2.17. The number of benzene rings is 3. The SMILES string of the molecule is CCCCNC(=O)OC(CC)COc1c2ccc(C)cc2c(OCC(CC)OC(=O)NCCCC)c2ccc(C)cc12. The van der Waals surface area contributed by atoms with Crippen molar-refractivity contribution in [3.63, 3.8) is 0 Å². The van der Waals surface area contributed by atoms with Crippen LogP contribution in [0.15, 0.2) is 36.4 Å². The van der Waals surface area contributed by atoms with Crippen molar-refractivity contribution in [1.82, 2.24) is 10.6 Å². The smallest absolute Gasteiger partial charge is 0.407 e. The number of carbonyl (C=O) groups excluding carboxylic acids is 2. The molecule has 0 fully saturated rings. The molecule has 8 nitrogen and oxygen atoms in total. The van der Waals surface area contributed by atoms with Gasteiger partial charge in [-0.1, -0.05) is 75.9 Å². The van der Waals surface area contributed by atoms with Gasteiger partial charge in [0.05, 0.1) is 0 Å². The lowest BCUT2D eigenvalue weighted by molar-refractivity contribution is 0.0628. The van der Waals surface area contributed by atoms with Gasteiger partial charge in [0.15, 0.2) is 0 Å². The number of fused-ring (bicyclic) bond motifs is 2. The van der Waals surface area contributed by atoms with E-state index in [0.29, 0.717) is 25.9 Å². The molecular weight excluding hydrogens is 532 g/mol. The number of hydrogen-bond acceptors (Lipinski definition) is 6.